The summed E-state index contributed by atoms with van der Waals surface area (Å²) in [7, 11) is 0. The zero-order valence-electron chi connectivity index (χ0n) is 12.6. The van der Waals surface area contributed by atoms with Crippen LogP contribution in [0.5, 0.6) is 5.88 Å². The smallest absolute Gasteiger partial charge is 0.233 e. The highest BCUT2D eigenvalue weighted by atomic mass is 35.5. The van der Waals surface area contributed by atoms with Gasteiger partial charge in [-0.05, 0) is 24.3 Å². The number of piperidine rings is 1. The zero-order valence-corrected chi connectivity index (χ0v) is 13.3. The van der Waals surface area contributed by atoms with E-state index in [0.717, 1.165) is 12.8 Å². The van der Waals surface area contributed by atoms with Gasteiger partial charge in [0, 0.05) is 18.5 Å². The van der Waals surface area contributed by atoms with E-state index in [9.17, 15) is 0 Å². The minimum Gasteiger partial charge on any atom is -0.470 e. The predicted octanol–water partition coefficient (Wildman–Crippen LogP) is 3.16. The number of fused-ring (bicyclic) bond motifs is 2. The Morgan fingerprint density at radius 1 is 1.38 bits per heavy atom. The topological polar surface area (TPSA) is 47.0 Å². The molecule has 0 aromatic carbocycles. The lowest BCUT2D eigenvalue weighted by atomic mass is 9.68. The average Bonchev–Trinajstić information content (AvgIpc) is 2.79. The molecule has 0 radical (unpaired) electrons. The third-order valence-corrected chi connectivity index (χ3v) is 5.08. The molecule has 4 nitrogen and oxygen atoms in total. The first kappa shape index (κ1) is 15.0. The molecule has 2 aliphatic heterocycles. The fourth-order valence-corrected chi connectivity index (χ4v) is 3.76. The highest BCUT2D eigenvalue weighted by molar-refractivity contribution is 6.29. The second kappa shape index (κ2) is 5.06. The standard InChI is InChI=1S/C15H21ClFN3O/c1-14(2,3)15-7-6-9(18-15)8-10(13(15)17)21-12-5-4-11(16)19-20-12/h4-5,9-10,13,18H,6-8H2,1-3H3/t9-,10-,13-,15-/m1/s1. The van der Waals surface area contributed by atoms with Crippen LogP contribution < -0.4 is 10.1 Å². The molecule has 2 saturated heterocycles. The van der Waals surface area contributed by atoms with Crippen molar-refractivity contribution in [1.29, 1.82) is 0 Å². The second-order valence-corrected chi connectivity index (χ2v) is 7.48. The summed E-state index contributed by atoms with van der Waals surface area (Å²) in [5.74, 6) is 0.331. The number of nitrogens with zero attached hydrogens (tertiary/aromatic N) is 2. The van der Waals surface area contributed by atoms with E-state index in [-0.39, 0.29) is 5.41 Å². The molecule has 0 unspecified atom stereocenters. The molecule has 2 bridgehead atoms. The molecule has 4 atom stereocenters. The van der Waals surface area contributed by atoms with Crippen molar-refractivity contribution in [3.05, 3.63) is 17.3 Å². The summed E-state index contributed by atoms with van der Waals surface area (Å²) in [4.78, 5) is 0. The molecule has 6 heteroatoms. The largest absolute Gasteiger partial charge is 0.470 e. The first-order valence-electron chi connectivity index (χ1n) is 7.39. The third kappa shape index (κ3) is 2.50. The zero-order chi connectivity index (χ0) is 15.3. The van der Waals surface area contributed by atoms with Crippen molar-refractivity contribution in [2.75, 3.05) is 0 Å². The maximum atomic E-state index is 15.2. The molecule has 116 valence electrons. The monoisotopic (exact) mass is 313 g/mol. The molecule has 1 N–H and O–H groups in total. The summed E-state index contributed by atoms with van der Waals surface area (Å²) in [5.41, 5.74) is -0.699. The van der Waals surface area contributed by atoms with Gasteiger partial charge in [0.2, 0.25) is 5.88 Å². The van der Waals surface area contributed by atoms with E-state index in [0.29, 0.717) is 23.5 Å². The van der Waals surface area contributed by atoms with Gasteiger partial charge in [-0.2, -0.15) is 0 Å². The first-order valence-corrected chi connectivity index (χ1v) is 7.77. The van der Waals surface area contributed by atoms with Crippen molar-refractivity contribution < 1.29 is 9.13 Å². The van der Waals surface area contributed by atoms with Gasteiger partial charge in [-0.1, -0.05) is 32.4 Å². The average molecular weight is 314 g/mol. The minimum absolute atomic E-state index is 0.172. The Labute approximate surface area is 129 Å². The van der Waals surface area contributed by atoms with Crippen molar-refractivity contribution in [3.8, 4) is 5.88 Å². The van der Waals surface area contributed by atoms with Crippen LogP contribution in [-0.2, 0) is 0 Å². The molecule has 3 rings (SSSR count). The van der Waals surface area contributed by atoms with Crippen LogP contribution in [0.15, 0.2) is 12.1 Å². The lowest BCUT2D eigenvalue weighted by Crippen LogP contribution is -2.66. The van der Waals surface area contributed by atoms with E-state index in [1.165, 1.54) is 0 Å². The van der Waals surface area contributed by atoms with E-state index in [4.69, 9.17) is 16.3 Å². The quantitative estimate of drug-likeness (QED) is 0.911. The molecule has 0 spiro atoms. The summed E-state index contributed by atoms with van der Waals surface area (Å²) < 4.78 is 21.0. The summed E-state index contributed by atoms with van der Waals surface area (Å²) in [6.07, 6.45) is 0.920. The van der Waals surface area contributed by atoms with Crippen LogP contribution >= 0.6 is 11.6 Å². The van der Waals surface area contributed by atoms with Gasteiger partial charge < -0.3 is 10.1 Å². The van der Waals surface area contributed by atoms with Crippen molar-refractivity contribution >= 4 is 11.6 Å². The van der Waals surface area contributed by atoms with Crippen LogP contribution in [-0.4, -0.2) is 34.1 Å². The van der Waals surface area contributed by atoms with Gasteiger partial charge in [0.15, 0.2) is 11.3 Å². The number of alkyl halides is 1. The fourth-order valence-electron chi connectivity index (χ4n) is 3.66. The molecule has 2 aliphatic rings. The van der Waals surface area contributed by atoms with Crippen molar-refractivity contribution in [2.45, 2.75) is 63.9 Å². The molecule has 1 aromatic heterocycles. The van der Waals surface area contributed by atoms with Gasteiger partial charge in [0.25, 0.3) is 0 Å². The van der Waals surface area contributed by atoms with Crippen molar-refractivity contribution in [2.24, 2.45) is 5.41 Å². The van der Waals surface area contributed by atoms with Crippen molar-refractivity contribution in [3.63, 3.8) is 0 Å². The van der Waals surface area contributed by atoms with Crippen LogP contribution in [0.2, 0.25) is 5.15 Å². The number of hydrogen-bond donors (Lipinski definition) is 1. The van der Waals surface area contributed by atoms with Gasteiger partial charge >= 0.3 is 0 Å². The molecule has 3 heterocycles. The van der Waals surface area contributed by atoms with Gasteiger partial charge in [-0.25, -0.2) is 4.39 Å². The van der Waals surface area contributed by atoms with E-state index in [1.807, 2.05) is 0 Å². The van der Waals surface area contributed by atoms with Crippen LogP contribution in [0.25, 0.3) is 0 Å². The van der Waals surface area contributed by atoms with Crippen LogP contribution in [0.1, 0.15) is 40.0 Å². The highest BCUT2D eigenvalue weighted by Crippen LogP contribution is 2.48. The number of halogens is 2. The number of ether oxygens (including phenoxy) is 1. The van der Waals surface area contributed by atoms with Crippen molar-refractivity contribution in [1.82, 2.24) is 15.5 Å². The van der Waals surface area contributed by atoms with Crippen LogP contribution in [0.3, 0.4) is 0 Å². The minimum atomic E-state index is -1.08. The molecule has 21 heavy (non-hydrogen) atoms. The van der Waals surface area contributed by atoms with E-state index in [2.05, 4.69) is 36.3 Å². The molecule has 0 amide bonds. The van der Waals surface area contributed by atoms with Gasteiger partial charge in [-0.15, -0.1) is 10.2 Å². The predicted molar refractivity (Wildman–Crippen MR) is 79.3 cm³/mol. The Bertz CT molecular complexity index is 519. The Morgan fingerprint density at radius 2 is 2.14 bits per heavy atom. The summed E-state index contributed by atoms with van der Waals surface area (Å²) in [5, 5.41) is 11.4. The first-order chi connectivity index (χ1) is 9.82. The van der Waals surface area contributed by atoms with Crippen LogP contribution in [0.4, 0.5) is 4.39 Å². The van der Waals surface area contributed by atoms with E-state index < -0.39 is 17.8 Å². The third-order valence-electron chi connectivity index (χ3n) is 4.88. The summed E-state index contributed by atoms with van der Waals surface area (Å²) >= 11 is 5.71. The lowest BCUT2D eigenvalue weighted by molar-refractivity contribution is -0.0446. The molecule has 0 aliphatic carbocycles. The number of nitrogens with one attached hydrogen (secondary N) is 1. The molecule has 1 aromatic rings. The number of aromatic nitrogens is 2. The fraction of sp³-hybridized carbons (Fsp3) is 0.733. The van der Waals surface area contributed by atoms with Gasteiger partial charge in [-0.3, -0.25) is 0 Å². The highest BCUT2D eigenvalue weighted by Gasteiger charge is 2.59. The van der Waals surface area contributed by atoms with Crippen LogP contribution in [0, 0.1) is 5.41 Å². The second-order valence-electron chi connectivity index (χ2n) is 7.09. The Morgan fingerprint density at radius 3 is 2.76 bits per heavy atom. The van der Waals surface area contributed by atoms with E-state index >= 15 is 4.39 Å². The number of rotatable bonds is 2. The summed E-state index contributed by atoms with van der Waals surface area (Å²) in [6.45, 7) is 6.25. The van der Waals surface area contributed by atoms with E-state index in [1.54, 1.807) is 12.1 Å². The Kier molecular flexibility index (Phi) is 3.61. The SMILES string of the molecule is CC(C)(C)[C@@]12CC[C@H](C[C@@H](Oc3ccc(Cl)nn3)[C@H]1F)N2. The van der Waals surface area contributed by atoms with Gasteiger partial charge in [0.1, 0.15) is 6.10 Å². The molecule has 2 fully saturated rings. The maximum absolute atomic E-state index is 15.2. The summed E-state index contributed by atoms with van der Waals surface area (Å²) in [6, 6.07) is 3.55. The lowest BCUT2D eigenvalue weighted by Gasteiger charge is -2.49. The maximum Gasteiger partial charge on any atom is 0.233 e. The Hall–Kier alpha value is -0.940. The Balaban J connectivity index is 1.82. The molecular formula is C15H21ClFN3O. The molecule has 0 saturated carbocycles. The molecular weight excluding hydrogens is 293 g/mol. The number of hydrogen-bond acceptors (Lipinski definition) is 4. The van der Waals surface area contributed by atoms with Gasteiger partial charge in [0.05, 0.1) is 5.54 Å². The normalized spacial score (nSPS) is 35.8.